The molecule has 0 unspecified atom stereocenters. The number of nitrogens with zero attached hydrogens (tertiary/aromatic N) is 2. The summed E-state index contributed by atoms with van der Waals surface area (Å²) in [6, 6.07) is 2.45. The first-order valence-corrected chi connectivity index (χ1v) is 9.78. The second-order valence-corrected chi connectivity index (χ2v) is 7.68. The molecule has 1 aromatic carbocycles. The fourth-order valence-electron chi connectivity index (χ4n) is 3.82. The van der Waals surface area contributed by atoms with Crippen molar-refractivity contribution in [2.45, 2.75) is 37.6 Å². The van der Waals surface area contributed by atoms with Crippen LogP contribution in [0, 0.1) is 5.82 Å². The average molecular weight is 447 g/mol. The number of carbonyl (C=O) groups excluding carboxylic acids is 2. The van der Waals surface area contributed by atoms with Gasteiger partial charge in [0.1, 0.15) is 18.2 Å². The molecular weight excluding hydrogens is 426 g/mol. The van der Waals surface area contributed by atoms with Crippen LogP contribution >= 0.6 is 0 Å². The zero-order chi connectivity index (χ0) is 22.2. The lowest BCUT2D eigenvalue weighted by molar-refractivity contribution is -0.274. The van der Waals surface area contributed by atoms with Crippen molar-refractivity contribution < 1.29 is 41.4 Å². The van der Waals surface area contributed by atoms with Crippen LogP contribution in [0.3, 0.4) is 0 Å². The molecule has 3 amide bonds. The summed E-state index contributed by atoms with van der Waals surface area (Å²) in [5, 5.41) is 2.84. The molecule has 0 radical (unpaired) electrons. The Balaban J connectivity index is 1.22. The Bertz CT molecular complexity index is 846. The lowest BCUT2D eigenvalue weighted by atomic mass is 10.0. The molecule has 170 valence electrons. The van der Waals surface area contributed by atoms with Gasteiger partial charge >= 0.3 is 12.4 Å². The summed E-state index contributed by atoms with van der Waals surface area (Å²) in [6.45, 7) is 1.44. The minimum atomic E-state index is -4.89. The van der Waals surface area contributed by atoms with Crippen molar-refractivity contribution in [1.29, 1.82) is 0 Å². The van der Waals surface area contributed by atoms with Gasteiger partial charge in [0.15, 0.2) is 0 Å². The molecular formula is C19H21F4N3O5. The number of halogens is 4. The molecule has 3 heterocycles. The number of nitrogens with one attached hydrogen (secondary N) is 1. The van der Waals surface area contributed by atoms with Crippen molar-refractivity contribution in [2.75, 3.05) is 32.8 Å². The maximum Gasteiger partial charge on any atom is 0.573 e. The van der Waals surface area contributed by atoms with E-state index in [9.17, 15) is 27.2 Å². The molecule has 0 aliphatic carbocycles. The molecule has 2 atom stereocenters. The average Bonchev–Trinajstić information content (AvgIpc) is 2.66. The minimum absolute atomic E-state index is 0.0406. The largest absolute Gasteiger partial charge is 0.573 e. The SMILES string of the molecule is O=C1CO[C@@H]2CCN(C(=O)N3CC(OCc4ccc(OC(F)(F)F)cc4F)C3)C[C@H]2N1. The van der Waals surface area contributed by atoms with E-state index in [1.165, 1.54) is 6.07 Å². The van der Waals surface area contributed by atoms with Gasteiger partial charge in [0, 0.05) is 24.7 Å². The molecule has 3 saturated heterocycles. The summed E-state index contributed by atoms with van der Waals surface area (Å²) in [4.78, 5) is 27.4. The van der Waals surface area contributed by atoms with Gasteiger partial charge < -0.3 is 29.3 Å². The van der Waals surface area contributed by atoms with Crippen LogP contribution in [0.15, 0.2) is 18.2 Å². The number of urea groups is 1. The maximum absolute atomic E-state index is 14.0. The number of alkyl halides is 3. The summed E-state index contributed by atoms with van der Waals surface area (Å²) in [5.41, 5.74) is 0.0920. The second kappa shape index (κ2) is 8.50. The number of benzene rings is 1. The quantitative estimate of drug-likeness (QED) is 0.710. The van der Waals surface area contributed by atoms with Crippen LogP contribution < -0.4 is 10.1 Å². The molecule has 1 aromatic rings. The smallest absolute Gasteiger partial charge is 0.406 e. The van der Waals surface area contributed by atoms with Gasteiger partial charge in [0.05, 0.1) is 37.9 Å². The molecule has 1 N–H and O–H groups in total. The highest BCUT2D eigenvalue weighted by Crippen LogP contribution is 2.26. The number of hydrogen-bond acceptors (Lipinski definition) is 5. The van der Waals surface area contributed by atoms with Gasteiger partial charge in [-0.05, 0) is 12.5 Å². The van der Waals surface area contributed by atoms with Crippen LogP contribution in [0.5, 0.6) is 5.75 Å². The molecule has 0 aromatic heterocycles. The Kier molecular flexibility index (Phi) is 5.93. The van der Waals surface area contributed by atoms with E-state index in [1.54, 1.807) is 9.80 Å². The fourth-order valence-corrected chi connectivity index (χ4v) is 3.82. The Hall–Kier alpha value is -2.60. The van der Waals surface area contributed by atoms with E-state index < -0.39 is 17.9 Å². The number of morpholine rings is 1. The monoisotopic (exact) mass is 447 g/mol. The predicted octanol–water partition coefficient (Wildman–Crippen LogP) is 1.63. The van der Waals surface area contributed by atoms with E-state index in [0.717, 1.165) is 6.07 Å². The lowest BCUT2D eigenvalue weighted by Gasteiger charge is -2.45. The zero-order valence-corrected chi connectivity index (χ0v) is 16.4. The summed E-state index contributed by atoms with van der Waals surface area (Å²) in [6.07, 6.45) is -4.64. The Labute approximate surface area is 175 Å². The van der Waals surface area contributed by atoms with Gasteiger partial charge in [-0.15, -0.1) is 13.2 Å². The number of piperidine rings is 1. The van der Waals surface area contributed by atoms with Crippen molar-refractivity contribution in [3.8, 4) is 5.75 Å². The van der Waals surface area contributed by atoms with Crippen LogP contribution in [0.4, 0.5) is 22.4 Å². The summed E-state index contributed by atoms with van der Waals surface area (Å²) in [7, 11) is 0. The van der Waals surface area contributed by atoms with Crippen LogP contribution in [0.25, 0.3) is 0 Å². The summed E-state index contributed by atoms with van der Waals surface area (Å²) >= 11 is 0. The number of rotatable bonds is 4. The normalized spacial score (nSPS) is 24.3. The van der Waals surface area contributed by atoms with Crippen LogP contribution in [-0.4, -0.2) is 79.1 Å². The summed E-state index contributed by atoms with van der Waals surface area (Å²) in [5.74, 6) is -1.70. The van der Waals surface area contributed by atoms with Crippen LogP contribution in [0.1, 0.15) is 12.0 Å². The van der Waals surface area contributed by atoms with Crippen molar-refractivity contribution in [1.82, 2.24) is 15.1 Å². The number of fused-ring (bicyclic) bond motifs is 1. The molecule has 3 aliphatic rings. The van der Waals surface area contributed by atoms with E-state index in [-0.39, 0.29) is 49.0 Å². The molecule has 4 rings (SSSR count). The van der Waals surface area contributed by atoms with Gasteiger partial charge in [0.2, 0.25) is 5.91 Å². The van der Waals surface area contributed by atoms with Gasteiger partial charge in [-0.3, -0.25) is 4.79 Å². The Morgan fingerprint density at radius 1 is 1.23 bits per heavy atom. The second-order valence-electron chi connectivity index (χ2n) is 7.68. The first-order chi connectivity index (χ1) is 14.7. The molecule has 12 heteroatoms. The minimum Gasteiger partial charge on any atom is -0.406 e. The molecule has 0 bridgehead atoms. The van der Waals surface area contributed by atoms with Gasteiger partial charge in [-0.1, -0.05) is 6.07 Å². The Morgan fingerprint density at radius 2 is 2.00 bits per heavy atom. The van der Waals surface area contributed by atoms with Gasteiger partial charge in [-0.2, -0.15) is 0 Å². The highest BCUT2D eigenvalue weighted by Gasteiger charge is 2.40. The van der Waals surface area contributed by atoms with Crippen molar-refractivity contribution in [3.05, 3.63) is 29.6 Å². The first kappa shape index (κ1) is 21.6. The topological polar surface area (TPSA) is 80.3 Å². The highest BCUT2D eigenvalue weighted by atomic mass is 19.4. The van der Waals surface area contributed by atoms with E-state index in [1.807, 2.05) is 0 Å². The van der Waals surface area contributed by atoms with E-state index in [4.69, 9.17) is 9.47 Å². The Morgan fingerprint density at radius 3 is 2.71 bits per heavy atom. The third kappa shape index (κ3) is 5.18. The van der Waals surface area contributed by atoms with Crippen molar-refractivity contribution >= 4 is 11.9 Å². The fraction of sp³-hybridized carbons (Fsp3) is 0.579. The van der Waals surface area contributed by atoms with Gasteiger partial charge in [0.25, 0.3) is 0 Å². The van der Waals surface area contributed by atoms with Crippen LogP contribution in [-0.2, 0) is 20.9 Å². The number of likely N-dealkylation sites (tertiary alicyclic amines) is 2. The van der Waals surface area contributed by atoms with E-state index >= 15 is 0 Å². The molecule has 0 saturated carbocycles. The number of amides is 3. The zero-order valence-electron chi connectivity index (χ0n) is 16.4. The van der Waals surface area contributed by atoms with Gasteiger partial charge in [-0.25, -0.2) is 9.18 Å². The van der Waals surface area contributed by atoms with Crippen molar-refractivity contribution in [3.63, 3.8) is 0 Å². The lowest BCUT2D eigenvalue weighted by Crippen LogP contribution is -2.65. The maximum atomic E-state index is 14.0. The molecule has 31 heavy (non-hydrogen) atoms. The van der Waals surface area contributed by atoms with Crippen LogP contribution in [0.2, 0.25) is 0 Å². The predicted molar refractivity (Wildman–Crippen MR) is 96.5 cm³/mol. The number of carbonyl (C=O) groups is 2. The first-order valence-electron chi connectivity index (χ1n) is 9.78. The standard InChI is InChI=1S/C19H21F4N3O5/c20-14-5-12(31-19(21,22)23)2-1-11(14)9-29-13-6-26(7-13)18(28)25-4-3-16-15(8-25)24-17(27)10-30-16/h1-2,5,13,15-16H,3-4,6-10H2,(H,24,27)/t15-,16-/m1/s1. The molecule has 3 fully saturated rings. The third-order valence-corrected chi connectivity index (χ3v) is 5.45. The molecule has 0 spiro atoms. The molecule has 3 aliphatic heterocycles. The number of hydrogen-bond donors (Lipinski definition) is 1. The third-order valence-electron chi connectivity index (χ3n) is 5.45. The van der Waals surface area contributed by atoms with Crippen molar-refractivity contribution in [2.24, 2.45) is 0 Å². The van der Waals surface area contributed by atoms with E-state index in [2.05, 4.69) is 10.1 Å². The highest BCUT2D eigenvalue weighted by molar-refractivity contribution is 5.79. The number of ether oxygens (including phenoxy) is 3. The molecule has 8 nitrogen and oxygen atoms in total. The summed E-state index contributed by atoms with van der Waals surface area (Å²) < 4.78 is 65.2. The van der Waals surface area contributed by atoms with E-state index in [0.29, 0.717) is 38.7 Å².